The van der Waals surface area contributed by atoms with Crippen LogP contribution in [0.3, 0.4) is 0 Å². The summed E-state index contributed by atoms with van der Waals surface area (Å²) in [5.41, 5.74) is 2.75. The molecule has 0 fully saturated rings. The van der Waals surface area contributed by atoms with Crippen LogP contribution in [0.25, 0.3) is 0 Å². The molecule has 140 valence electrons. The molecular formula is C22H23NO3S. The SMILES string of the molecule is CC1CCc2c(C(=O)N(Cc3ccco3)Cc3ccccc3O)csc2C1. The summed E-state index contributed by atoms with van der Waals surface area (Å²) in [6, 6.07) is 10.9. The van der Waals surface area contributed by atoms with Gasteiger partial charge in [0.05, 0.1) is 24.9 Å². The van der Waals surface area contributed by atoms with Crippen molar-refractivity contribution in [1.82, 2.24) is 4.90 Å². The Balaban J connectivity index is 1.64. The van der Waals surface area contributed by atoms with Crippen molar-refractivity contribution in [2.45, 2.75) is 39.3 Å². The number of phenols is 1. The summed E-state index contributed by atoms with van der Waals surface area (Å²) in [5.74, 6) is 1.62. The summed E-state index contributed by atoms with van der Waals surface area (Å²) < 4.78 is 5.47. The number of rotatable bonds is 5. The molecule has 1 aliphatic rings. The number of nitrogens with zero attached hydrogens (tertiary/aromatic N) is 1. The average molecular weight is 381 g/mol. The summed E-state index contributed by atoms with van der Waals surface area (Å²) in [6.07, 6.45) is 4.77. The van der Waals surface area contributed by atoms with E-state index in [1.807, 2.05) is 29.6 Å². The van der Waals surface area contributed by atoms with Gasteiger partial charge in [0, 0.05) is 15.8 Å². The molecule has 1 aliphatic carbocycles. The Labute approximate surface area is 163 Å². The first kappa shape index (κ1) is 17.9. The zero-order valence-corrected chi connectivity index (χ0v) is 16.2. The maximum absolute atomic E-state index is 13.4. The first-order chi connectivity index (χ1) is 13.1. The third-order valence-corrected chi connectivity index (χ3v) is 6.25. The van der Waals surface area contributed by atoms with E-state index in [0.717, 1.165) is 36.1 Å². The molecule has 2 aromatic heterocycles. The zero-order chi connectivity index (χ0) is 18.8. The molecule has 0 saturated heterocycles. The number of para-hydroxylation sites is 1. The third-order valence-electron chi connectivity index (χ3n) is 5.20. The Morgan fingerprint density at radius 1 is 1.26 bits per heavy atom. The van der Waals surface area contributed by atoms with Crippen LogP contribution in [0.15, 0.2) is 52.5 Å². The highest BCUT2D eigenvalue weighted by atomic mass is 32.1. The van der Waals surface area contributed by atoms with Crippen molar-refractivity contribution in [3.8, 4) is 5.75 Å². The topological polar surface area (TPSA) is 53.7 Å². The number of hydrogen-bond acceptors (Lipinski definition) is 4. The van der Waals surface area contributed by atoms with Gasteiger partial charge in [-0.3, -0.25) is 4.79 Å². The number of aromatic hydroxyl groups is 1. The number of carbonyl (C=O) groups is 1. The van der Waals surface area contributed by atoms with E-state index in [1.165, 1.54) is 10.4 Å². The Hall–Kier alpha value is -2.53. The minimum absolute atomic E-state index is 0.00158. The second-order valence-electron chi connectivity index (χ2n) is 7.27. The Morgan fingerprint density at radius 2 is 2.11 bits per heavy atom. The van der Waals surface area contributed by atoms with Crippen molar-refractivity contribution in [2.24, 2.45) is 5.92 Å². The van der Waals surface area contributed by atoms with Gasteiger partial charge in [-0.15, -0.1) is 11.3 Å². The number of fused-ring (bicyclic) bond motifs is 1. The molecule has 1 unspecified atom stereocenters. The summed E-state index contributed by atoms with van der Waals surface area (Å²) in [5, 5.41) is 12.2. The van der Waals surface area contributed by atoms with Crippen LogP contribution in [-0.4, -0.2) is 15.9 Å². The van der Waals surface area contributed by atoms with E-state index in [2.05, 4.69) is 6.92 Å². The monoisotopic (exact) mass is 381 g/mol. The zero-order valence-electron chi connectivity index (χ0n) is 15.4. The fourth-order valence-electron chi connectivity index (χ4n) is 3.67. The number of thiophene rings is 1. The lowest BCUT2D eigenvalue weighted by molar-refractivity contribution is 0.0715. The van der Waals surface area contributed by atoms with Crippen LogP contribution in [0.5, 0.6) is 5.75 Å². The molecule has 1 N–H and O–H groups in total. The molecule has 2 heterocycles. The Morgan fingerprint density at radius 3 is 2.89 bits per heavy atom. The lowest BCUT2D eigenvalue weighted by Crippen LogP contribution is -2.30. The van der Waals surface area contributed by atoms with Crippen LogP contribution < -0.4 is 0 Å². The minimum atomic E-state index is 0.00158. The molecule has 1 amide bonds. The molecule has 5 heteroatoms. The predicted octanol–water partition coefficient (Wildman–Crippen LogP) is 5.01. The van der Waals surface area contributed by atoms with Gasteiger partial charge in [-0.25, -0.2) is 0 Å². The van der Waals surface area contributed by atoms with Crippen LogP contribution >= 0.6 is 11.3 Å². The highest BCUT2D eigenvalue weighted by molar-refractivity contribution is 7.10. The molecule has 1 aromatic carbocycles. The fraction of sp³-hybridized carbons (Fsp3) is 0.318. The van der Waals surface area contributed by atoms with Crippen molar-refractivity contribution in [3.05, 3.63) is 75.4 Å². The van der Waals surface area contributed by atoms with E-state index in [1.54, 1.807) is 34.6 Å². The summed E-state index contributed by atoms with van der Waals surface area (Å²) in [6.45, 7) is 2.99. The number of amides is 1. The first-order valence-electron chi connectivity index (χ1n) is 9.29. The maximum atomic E-state index is 13.4. The van der Waals surface area contributed by atoms with Crippen LogP contribution in [0.2, 0.25) is 0 Å². The highest BCUT2D eigenvalue weighted by Crippen LogP contribution is 2.34. The standard InChI is InChI=1S/C22H23NO3S/c1-15-8-9-18-19(14-27-21(18)11-15)22(25)23(13-17-6-4-10-26-17)12-16-5-2-3-7-20(16)24/h2-7,10,14-15,24H,8-9,11-13H2,1H3. The summed E-state index contributed by atoms with van der Waals surface area (Å²) >= 11 is 1.70. The van der Waals surface area contributed by atoms with E-state index in [4.69, 9.17) is 4.42 Å². The Kier molecular flexibility index (Phi) is 5.03. The van der Waals surface area contributed by atoms with Crippen molar-refractivity contribution in [3.63, 3.8) is 0 Å². The Bertz CT molecular complexity index is 929. The fourth-order valence-corrected chi connectivity index (χ4v) is 4.91. The van der Waals surface area contributed by atoms with Crippen LogP contribution in [0.1, 0.15) is 45.5 Å². The molecule has 4 rings (SSSR count). The van der Waals surface area contributed by atoms with Crippen molar-refractivity contribution in [1.29, 1.82) is 0 Å². The first-order valence-corrected chi connectivity index (χ1v) is 10.2. The van der Waals surface area contributed by atoms with E-state index < -0.39 is 0 Å². The van der Waals surface area contributed by atoms with Gasteiger partial charge in [0.15, 0.2) is 0 Å². The lowest BCUT2D eigenvalue weighted by atomic mass is 9.88. The largest absolute Gasteiger partial charge is 0.508 e. The van der Waals surface area contributed by atoms with Gasteiger partial charge in [0.25, 0.3) is 5.91 Å². The van der Waals surface area contributed by atoms with Crippen LogP contribution in [0, 0.1) is 5.92 Å². The van der Waals surface area contributed by atoms with Crippen molar-refractivity contribution in [2.75, 3.05) is 0 Å². The van der Waals surface area contributed by atoms with E-state index in [-0.39, 0.29) is 11.7 Å². The van der Waals surface area contributed by atoms with Gasteiger partial charge in [0.2, 0.25) is 0 Å². The molecule has 0 bridgehead atoms. The quantitative estimate of drug-likeness (QED) is 0.675. The lowest BCUT2D eigenvalue weighted by Gasteiger charge is -2.24. The van der Waals surface area contributed by atoms with Crippen LogP contribution in [-0.2, 0) is 25.9 Å². The molecule has 0 spiro atoms. The van der Waals surface area contributed by atoms with E-state index >= 15 is 0 Å². The molecule has 0 radical (unpaired) electrons. The molecule has 4 nitrogen and oxygen atoms in total. The van der Waals surface area contributed by atoms with Gasteiger partial charge in [-0.05, 0) is 48.9 Å². The van der Waals surface area contributed by atoms with Gasteiger partial charge in [-0.1, -0.05) is 25.1 Å². The molecule has 27 heavy (non-hydrogen) atoms. The second kappa shape index (κ2) is 7.61. The summed E-state index contributed by atoms with van der Waals surface area (Å²) in [7, 11) is 0. The van der Waals surface area contributed by atoms with E-state index in [9.17, 15) is 9.90 Å². The second-order valence-corrected chi connectivity index (χ2v) is 8.23. The predicted molar refractivity (Wildman–Crippen MR) is 106 cm³/mol. The molecule has 3 aromatic rings. The number of benzene rings is 1. The molecule has 0 aliphatic heterocycles. The summed E-state index contributed by atoms with van der Waals surface area (Å²) in [4.78, 5) is 16.5. The van der Waals surface area contributed by atoms with Gasteiger partial charge in [0.1, 0.15) is 11.5 Å². The number of hydrogen-bond donors (Lipinski definition) is 1. The van der Waals surface area contributed by atoms with E-state index in [0.29, 0.717) is 19.0 Å². The number of phenolic OH excluding ortho intramolecular Hbond substituents is 1. The maximum Gasteiger partial charge on any atom is 0.255 e. The third kappa shape index (κ3) is 3.78. The number of carbonyl (C=O) groups excluding carboxylic acids is 1. The molecule has 1 atom stereocenters. The van der Waals surface area contributed by atoms with Gasteiger partial charge in [-0.2, -0.15) is 0 Å². The van der Waals surface area contributed by atoms with Gasteiger partial charge < -0.3 is 14.4 Å². The highest BCUT2D eigenvalue weighted by Gasteiger charge is 2.27. The van der Waals surface area contributed by atoms with Crippen molar-refractivity contribution < 1.29 is 14.3 Å². The number of furan rings is 1. The minimum Gasteiger partial charge on any atom is -0.508 e. The molecule has 0 saturated carbocycles. The normalized spacial score (nSPS) is 16.1. The molecular weight excluding hydrogens is 358 g/mol. The smallest absolute Gasteiger partial charge is 0.255 e. The van der Waals surface area contributed by atoms with Crippen molar-refractivity contribution >= 4 is 17.2 Å². The van der Waals surface area contributed by atoms with Crippen LogP contribution in [0.4, 0.5) is 0 Å². The average Bonchev–Trinajstić information content (AvgIpc) is 3.31. The van der Waals surface area contributed by atoms with Gasteiger partial charge >= 0.3 is 0 Å².